The third-order valence-electron chi connectivity index (χ3n) is 4.19. The van der Waals surface area contributed by atoms with Gasteiger partial charge in [-0.15, -0.1) is 0 Å². The van der Waals surface area contributed by atoms with Gasteiger partial charge < -0.3 is 5.32 Å². The van der Waals surface area contributed by atoms with Gasteiger partial charge in [-0.25, -0.2) is 0 Å². The Balaban J connectivity index is 1.77. The van der Waals surface area contributed by atoms with Gasteiger partial charge in [-0.05, 0) is 49.3 Å². The first-order valence-electron chi connectivity index (χ1n) is 7.40. The largest absolute Gasteiger partial charge is 0.340 e. The summed E-state index contributed by atoms with van der Waals surface area (Å²) >= 11 is 0. The Morgan fingerprint density at radius 3 is 2.76 bits per heavy atom. The molecule has 0 saturated carbocycles. The maximum Gasteiger partial charge on any atom is 0.252 e. The summed E-state index contributed by atoms with van der Waals surface area (Å²) in [6.07, 6.45) is 4.80. The molecule has 5 heteroatoms. The van der Waals surface area contributed by atoms with E-state index in [2.05, 4.69) is 16.7 Å². The van der Waals surface area contributed by atoms with Gasteiger partial charge in [0.05, 0.1) is 0 Å². The number of hydrogen-bond acceptors (Lipinski definition) is 3. The fraction of sp³-hybridized carbons (Fsp3) is 0.438. The van der Waals surface area contributed by atoms with Crippen molar-refractivity contribution in [1.29, 1.82) is 0 Å². The predicted octanol–water partition coefficient (Wildman–Crippen LogP) is 1.10. The van der Waals surface area contributed by atoms with Crippen LogP contribution < -0.4 is 10.6 Å². The quantitative estimate of drug-likeness (QED) is 0.799. The Hall–Kier alpha value is -2.17. The fourth-order valence-electron chi connectivity index (χ4n) is 3.06. The second-order valence-electron chi connectivity index (χ2n) is 5.63. The summed E-state index contributed by atoms with van der Waals surface area (Å²) in [4.78, 5) is 35.3. The van der Waals surface area contributed by atoms with Gasteiger partial charge in [-0.2, -0.15) is 0 Å². The fourth-order valence-corrected chi connectivity index (χ4v) is 3.06. The van der Waals surface area contributed by atoms with Gasteiger partial charge in [0.15, 0.2) is 0 Å². The molecule has 1 aromatic carbocycles. The van der Waals surface area contributed by atoms with Crippen LogP contribution in [-0.2, 0) is 22.4 Å². The molecule has 0 unspecified atom stereocenters. The molecule has 0 spiro atoms. The number of nitrogens with one attached hydrogen (secondary N) is 2. The molecule has 1 aliphatic carbocycles. The van der Waals surface area contributed by atoms with Crippen molar-refractivity contribution in [1.82, 2.24) is 10.6 Å². The van der Waals surface area contributed by atoms with E-state index in [1.807, 2.05) is 12.1 Å². The van der Waals surface area contributed by atoms with Crippen LogP contribution in [0.5, 0.6) is 0 Å². The molecule has 2 aliphatic rings. The van der Waals surface area contributed by atoms with Crippen LogP contribution in [0.2, 0.25) is 0 Å². The molecule has 0 radical (unpaired) electrons. The van der Waals surface area contributed by atoms with Crippen molar-refractivity contribution in [3.63, 3.8) is 0 Å². The first kappa shape index (κ1) is 13.8. The predicted molar refractivity (Wildman–Crippen MR) is 76.7 cm³/mol. The van der Waals surface area contributed by atoms with Crippen LogP contribution in [0.15, 0.2) is 18.2 Å². The monoisotopic (exact) mass is 286 g/mol. The number of piperidine rings is 1. The molecule has 21 heavy (non-hydrogen) atoms. The number of imide groups is 1. The summed E-state index contributed by atoms with van der Waals surface area (Å²) in [6, 6.07) is 5.15. The molecule has 110 valence electrons. The van der Waals surface area contributed by atoms with E-state index in [1.165, 1.54) is 5.56 Å². The molecule has 5 nitrogen and oxygen atoms in total. The molecule has 1 fully saturated rings. The van der Waals surface area contributed by atoms with Crippen LogP contribution in [-0.4, -0.2) is 23.8 Å². The van der Waals surface area contributed by atoms with Crippen LogP contribution >= 0.6 is 0 Å². The molecule has 1 aromatic rings. The van der Waals surface area contributed by atoms with Crippen LogP contribution in [0.1, 0.15) is 47.2 Å². The van der Waals surface area contributed by atoms with E-state index in [0.717, 1.165) is 31.2 Å². The number of hydrogen-bond donors (Lipinski definition) is 2. The lowest BCUT2D eigenvalue weighted by Crippen LogP contribution is -2.52. The first-order chi connectivity index (χ1) is 10.1. The first-order valence-corrected chi connectivity index (χ1v) is 7.40. The van der Waals surface area contributed by atoms with Gasteiger partial charge in [0.25, 0.3) is 5.91 Å². The van der Waals surface area contributed by atoms with Gasteiger partial charge >= 0.3 is 0 Å². The Labute approximate surface area is 123 Å². The van der Waals surface area contributed by atoms with Crippen LogP contribution in [0, 0.1) is 0 Å². The minimum Gasteiger partial charge on any atom is -0.340 e. The Morgan fingerprint density at radius 2 is 1.95 bits per heavy atom. The van der Waals surface area contributed by atoms with Crippen molar-refractivity contribution in [3.8, 4) is 0 Å². The highest BCUT2D eigenvalue weighted by Gasteiger charge is 2.29. The van der Waals surface area contributed by atoms with E-state index >= 15 is 0 Å². The highest BCUT2D eigenvalue weighted by atomic mass is 16.2. The van der Waals surface area contributed by atoms with Crippen molar-refractivity contribution in [2.24, 2.45) is 0 Å². The molecule has 3 amide bonds. The van der Waals surface area contributed by atoms with Crippen molar-refractivity contribution >= 4 is 17.7 Å². The summed E-state index contributed by atoms with van der Waals surface area (Å²) in [6.45, 7) is 0. The van der Waals surface area contributed by atoms with Crippen molar-refractivity contribution in [2.45, 2.75) is 44.6 Å². The van der Waals surface area contributed by atoms with Gasteiger partial charge in [0.1, 0.15) is 6.04 Å². The topological polar surface area (TPSA) is 75.3 Å². The molecule has 1 saturated heterocycles. The number of benzene rings is 1. The van der Waals surface area contributed by atoms with E-state index in [-0.39, 0.29) is 18.2 Å². The Morgan fingerprint density at radius 1 is 1.14 bits per heavy atom. The van der Waals surface area contributed by atoms with Gasteiger partial charge in [-0.1, -0.05) is 12.1 Å². The minimum absolute atomic E-state index is 0.219. The van der Waals surface area contributed by atoms with E-state index in [4.69, 9.17) is 0 Å². The standard InChI is InChI=1S/C16H18N2O3/c19-14-9-8-13(16(21)18-14)17-15(20)12-7-3-5-10-4-1-2-6-11(10)12/h3,5,7,13H,1-2,4,6,8-9H2,(H,17,20)(H,18,19,21)/t13-/m1/s1. The smallest absolute Gasteiger partial charge is 0.252 e. The van der Waals surface area contributed by atoms with Crippen LogP contribution in [0.4, 0.5) is 0 Å². The number of fused-ring (bicyclic) bond motifs is 1. The van der Waals surface area contributed by atoms with Crippen LogP contribution in [0.3, 0.4) is 0 Å². The van der Waals surface area contributed by atoms with Gasteiger partial charge in [0, 0.05) is 12.0 Å². The third-order valence-corrected chi connectivity index (χ3v) is 4.19. The zero-order valence-electron chi connectivity index (χ0n) is 11.8. The van der Waals surface area contributed by atoms with Gasteiger partial charge in [0.2, 0.25) is 11.8 Å². The van der Waals surface area contributed by atoms with E-state index in [9.17, 15) is 14.4 Å². The zero-order valence-corrected chi connectivity index (χ0v) is 11.8. The van der Waals surface area contributed by atoms with Crippen molar-refractivity contribution < 1.29 is 14.4 Å². The summed E-state index contributed by atoms with van der Waals surface area (Å²) in [5.74, 6) is -0.907. The van der Waals surface area contributed by atoms with Crippen LogP contribution in [0.25, 0.3) is 0 Å². The molecule has 1 heterocycles. The average Bonchev–Trinajstić information content (AvgIpc) is 2.49. The summed E-state index contributed by atoms with van der Waals surface area (Å²) in [5.41, 5.74) is 3.00. The highest BCUT2D eigenvalue weighted by molar-refractivity contribution is 6.04. The number of rotatable bonds is 2. The molecule has 1 aliphatic heterocycles. The molecule has 1 atom stereocenters. The molecule has 0 bridgehead atoms. The SMILES string of the molecule is O=C1CC[C@@H](NC(=O)c2cccc3c2CCCC3)C(=O)N1. The number of amides is 3. The second kappa shape index (κ2) is 5.68. The average molecular weight is 286 g/mol. The molecule has 3 rings (SSSR count). The lowest BCUT2D eigenvalue weighted by atomic mass is 9.88. The normalized spacial score (nSPS) is 21.4. The third kappa shape index (κ3) is 2.82. The summed E-state index contributed by atoms with van der Waals surface area (Å²) in [7, 11) is 0. The number of carbonyl (C=O) groups is 3. The van der Waals surface area contributed by atoms with E-state index < -0.39 is 11.9 Å². The number of carbonyl (C=O) groups excluding carboxylic acids is 3. The summed E-state index contributed by atoms with van der Waals surface area (Å²) in [5, 5.41) is 5.01. The molecule has 2 N–H and O–H groups in total. The Kier molecular flexibility index (Phi) is 3.73. The zero-order chi connectivity index (χ0) is 14.8. The molecular weight excluding hydrogens is 268 g/mol. The summed E-state index contributed by atoms with van der Waals surface area (Å²) < 4.78 is 0. The maximum atomic E-state index is 12.4. The van der Waals surface area contributed by atoms with Crippen molar-refractivity contribution in [2.75, 3.05) is 0 Å². The molecule has 0 aromatic heterocycles. The maximum absolute atomic E-state index is 12.4. The Bertz CT molecular complexity index is 610. The molecular formula is C16H18N2O3. The minimum atomic E-state index is -0.616. The van der Waals surface area contributed by atoms with Crippen molar-refractivity contribution in [3.05, 3.63) is 34.9 Å². The highest BCUT2D eigenvalue weighted by Crippen LogP contribution is 2.24. The van der Waals surface area contributed by atoms with E-state index in [0.29, 0.717) is 12.0 Å². The van der Waals surface area contributed by atoms with E-state index in [1.54, 1.807) is 0 Å². The number of aryl methyl sites for hydroxylation is 1. The second-order valence-corrected chi connectivity index (χ2v) is 5.63. The van der Waals surface area contributed by atoms with Gasteiger partial charge in [-0.3, -0.25) is 19.7 Å². The lowest BCUT2D eigenvalue weighted by Gasteiger charge is -2.23. The lowest BCUT2D eigenvalue weighted by molar-refractivity contribution is -0.134.